The van der Waals surface area contributed by atoms with Crippen LogP contribution in [0.15, 0.2) is 12.2 Å². The maximum atomic E-state index is 10.6. The molecule has 0 rings (SSSR count). The standard InChI is InChI=1S/C8H14O3/c1-3-11-8(10)6-4-5-7(2)9/h4,6-7,9H,3,5H2,1-2H3/t7-/m1/s1. The van der Waals surface area contributed by atoms with Crippen LogP contribution in [-0.4, -0.2) is 23.8 Å². The second-order valence-corrected chi connectivity index (χ2v) is 2.24. The third-order valence-electron chi connectivity index (χ3n) is 1.02. The average Bonchev–Trinajstić information content (AvgIpc) is 1.87. The van der Waals surface area contributed by atoms with Gasteiger partial charge in [0.05, 0.1) is 12.7 Å². The van der Waals surface area contributed by atoms with Gasteiger partial charge in [-0.25, -0.2) is 4.79 Å². The van der Waals surface area contributed by atoms with Crippen LogP contribution >= 0.6 is 0 Å². The van der Waals surface area contributed by atoms with E-state index in [1.165, 1.54) is 6.08 Å². The lowest BCUT2D eigenvalue weighted by molar-refractivity contribution is -0.137. The van der Waals surface area contributed by atoms with E-state index in [1.54, 1.807) is 19.9 Å². The van der Waals surface area contributed by atoms with Crippen LogP contribution in [0.5, 0.6) is 0 Å². The summed E-state index contributed by atoms with van der Waals surface area (Å²) in [6.45, 7) is 3.80. The van der Waals surface area contributed by atoms with Gasteiger partial charge in [-0.1, -0.05) is 6.08 Å². The topological polar surface area (TPSA) is 46.5 Å². The Kier molecular flexibility index (Phi) is 5.47. The number of hydrogen-bond donors (Lipinski definition) is 1. The lowest BCUT2D eigenvalue weighted by Crippen LogP contribution is -2.00. The molecule has 0 aromatic rings. The lowest BCUT2D eigenvalue weighted by atomic mass is 10.3. The molecule has 1 N–H and O–H groups in total. The van der Waals surface area contributed by atoms with Gasteiger partial charge in [0, 0.05) is 6.08 Å². The first kappa shape index (κ1) is 10.2. The van der Waals surface area contributed by atoms with E-state index in [4.69, 9.17) is 5.11 Å². The molecule has 0 heterocycles. The van der Waals surface area contributed by atoms with Gasteiger partial charge in [-0.3, -0.25) is 0 Å². The summed E-state index contributed by atoms with van der Waals surface area (Å²) in [7, 11) is 0. The van der Waals surface area contributed by atoms with Crippen LogP contribution in [0.3, 0.4) is 0 Å². The third kappa shape index (κ3) is 7.06. The minimum absolute atomic E-state index is 0.354. The summed E-state index contributed by atoms with van der Waals surface area (Å²) in [5.74, 6) is -0.354. The predicted molar refractivity (Wildman–Crippen MR) is 42.1 cm³/mol. The zero-order valence-electron chi connectivity index (χ0n) is 6.91. The average molecular weight is 158 g/mol. The molecule has 0 saturated heterocycles. The van der Waals surface area contributed by atoms with Crippen molar-refractivity contribution in [1.29, 1.82) is 0 Å². The van der Waals surface area contributed by atoms with E-state index in [0.717, 1.165) is 0 Å². The maximum absolute atomic E-state index is 10.6. The summed E-state index contributed by atoms with van der Waals surface area (Å²) >= 11 is 0. The van der Waals surface area contributed by atoms with Gasteiger partial charge in [-0.05, 0) is 20.3 Å². The van der Waals surface area contributed by atoms with Crippen LogP contribution in [0.2, 0.25) is 0 Å². The first-order chi connectivity index (χ1) is 5.16. The van der Waals surface area contributed by atoms with E-state index >= 15 is 0 Å². The fraction of sp³-hybridized carbons (Fsp3) is 0.625. The van der Waals surface area contributed by atoms with Gasteiger partial charge in [0.2, 0.25) is 0 Å². The Morgan fingerprint density at radius 3 is 2.82 bits per heavy atom. The van der Waals surface area contributed by atoms with E-state index < -0.39 is 6.10 Å². The minimum Gasteiger partial charge on any atom is -0.463 e. The number of rotatable bonds is 4. The van der Waals surface area contributed by atoms with Crippen molar-refractivity contribution in [3.8, 4) is 0 Å². The SMILES string of the molecule is CCOC(=O)C=CC[C@@H](C)O. The molecule has 3 heteroatoms. The summed E-state index contributed by atoms with van der Waals surface area (Å²) in [6, 6.07) is 0. The second kappa shape index (κ2) is 5.92. The number of aliphatic hydroxyl groups excluding tert-OH is 1. The molecule has 0 spiro atoms. The van der Waals surface area contributed by atoms with E-state index in [2.05, 4.69) is 4.74 Å². The van der Waals surface area contributed by atoms with Gasteiger partial charge in [-0.15, -0.1) is 0 Å². The van der Waals surface area contributed by atoms with Crippen molar-refractivity contribution in [1.82, 2.24) is 0 Å². The van der Waals surface area contributed by atoms with Crippen molar-refractivity contribution in [3.05, 3.63) is 12.2 Å². The number of ether oxygens (including phenoxy) is 1. The van der Waals surface area contributed by atoms with Crippen LogP contribution in [0, 0.1) is 0 Å². The number of carbonyl (C=O) groups is 1. The highest BCUT2D eigenvalue weighted by Gasteiger charge is 1.93. The Balaban J connectivity index is 3.48. The smallest absolute Gasteiger partial charge is 0.330 e. The number of hydrogen-bond acceptors (Lipinski definition) is 3. The third-order valence-corrected chi connectivity index (χ3v) is 1.02. The normalized spacial score (nSPS) is 13.4. The molecule has 0 bridgehead atoms. The lowest BCUT2D eigenvalue weighted by Gasteiger charge is -1.96. The highest BCUT2D eigenvalue weighted by atomic mass is 16.5. The van der Waals surface area contributed by atoms with Gasteiger partial charge in [-0.2, -0.15) is 0 Å². The van der Waals surface area contributed by atoms with Crippen LogP contribution < -0.4 is 0 Å². The first-order valence-corrected chi connectivity index (χ1v) is 3.68. The molecule has 3 nitrogen and oxygen atoms in total. The minimum atomic E-state index is -0.402. The monoisotopic (exact) mass is 158 g/mol. The molecular formula is C8H14O3. The molecule has 0 amide bonds. The molecule has 0 aromatic carbocycles. The molecule has 64 valence electrons. The van der Waals surface area contributed by atoms with E-state index in [1.807, 2.05) is 0 Å². The molecule has 0 aromatic heterocycles. The van der Waals surface area contributed by atoms with Crippen molar-refractivity contribution < 1.29 is 14.6 Å². The molecule has 0 aliphatic rings. The molecular weight excluding hydrogens is 144 g/mol. The Bertz CT molecular complexity index is 138. The van der Waals surface area contributed by atoms with Gasteiger partial charge >= 0.3 is 5.97 Å². The van der Waals surface area contributed by atoms with Crippen molar-refractivity contribution in [3.63, 3.8) is 0 Å². The van der Waals surface area contributed by atoms with Crippen LogP contribution in [0.1, 0.15) is 20.3 Å². The molecule has 0 aliphatic carbocycles. The summed E-state index contributed by atoms with van der Waals surface area (Å²) in [5.41, 5.74) is 0. The van der Waals surface area contributed by atoms with Crippen molar-refractivity contribution in [2.45, 2.75) is 26.4 Å². The second-order valence-electron chi connectivity index (χ2n) is 2.24. The molecule has 11 heavy (non-hydrogen) atoms. The number of carbonyl (C=O) groups excluding carboxylic acids is 1. The van der Waals surface area contributed by atoms with Crippen LogP contribution in [0.25, 0.3) is 0 Å². The summed E-state index contributed by atoms with van der Waals surface area (Å²) in [4.78, 5) is 10.6. The van der Waals surface area contributed by atoms with Gasteiger partial charge in [0.15, 0.2) is 0 Å². The molecule has 1 atom stereocenters. The quantitative estimate of drug-likeness (QED) is 0.488. The highest BCUT2D eigenvalue weighted by molar-refractivity contribution is 5.81. The maximum Gasteiger partial charge on any atom is 0.330 e. The van der Waals surface area contributed by atoms with Gasteiger partial charge < -0.3 is 9.84 Å². The zero-order chi connectivity index (χ0) is 8.69. The molecule has 0 unspecified atom stereocenters. The van der Waals surface area contributed by atoms with Gasteiger partial charge in [0.25, 0.3) is 0 Å². The van der Waals surface area contributed by atoms with Gasteiger partial charge in [0.1, 0.15) is 0 Å². The molecule has 0 radical (unpaired) electrons. The van der Waals surface area contributed by atoms with Crippen LogP contribution in [-0.2, 0) is 9.53 Å². The van der Waals surface area contributed by atoms with Crippen molar-refractivity contribution in [2.75, 3.05) is 6.61 Å². The largest absolute Gasteiger partial charge is 0.463 e. The first-order valence-electron chi connectivity index (χ1n) is 3.68. The highest BCUT2D eigenvalue weighted by Crippen LogP contribution is 1.91. The number of esters is 1. The Labute approximate surface area is 66.7 Å². The zero-order valence-corrected chi connectivity index (χ0v) is 6.91. The van der Waals surface area contributed by atoms with E-state index in [9.17, 15) is 4.79 Å². The van der Waals surface area contributed by atoms with Crippen molar-refractivity contribution in [2.24, 2.45) is 0 Å². The summed E-state index contributed by atoms with van der Waals surface area (Å²) in [5, 5.41) is 8.79. The molecule has 0 fully saturated rings. The van der Waals surface area contributed by atoms with E-state index in [0.29, 0.717) is 13.0 Å². The summed E-state index contributed by atoms with van der Waals surface area (Å²) in [6.07, 6.45) is 3.01. The van der Waals surface area contributed by atoms with Crippen molar-refractivity contribution >= 4 is 5.97 Å². The fourth-order valence-electron chi connectivity index (χ4n) is 0.552. The Hall–Kier alpha value is -0.830. The number of aliphatic hydroxyl groups is 1. The predicted octanol–water partition coefficient (Wildman–Crippen LogP) is 0.877. The molecule has 0 saturated carbocycles. The Morgan fingerprint density at radius 2 is 2.36 bits per heavy atom. The summed E-state index contributed by atoms with van der Waals surface area (Å²) < 4.78 is 4.62. The van der Waals surface area contributed by atoms with E-state index in [-0.39, 0.29) is 5.97 Å². The van der Waals surface area contributed by atoms with Crippen LogP contribution in [0.4, 0.5) is 0 Å². The Morgan fingerprint density at radius 1 is 1.73 bits per heavy atom. The fourth-order valence-corrected chi connectivity index (χ4v) is 0.552. The molecule has 0 aliphatic heterocycles.